The summed E-state index contributed by atoms with van der Waals surface area (Å²) in [5.74, 6) is 0.610. The van der Waals surface area contributed by atoms with E-state index in [1.807, 2.05) is 36.4 Å². The topological polar surface area (TPSA) is 42.4 Å². The van der Waals surface area contributed by atoms with E-state index >= 15 is 0 Å². The first-order valence-corrected chi connectivity index (χ1v) is 15.0. The molecule has 0 bridgehead atoms. The van der Waals surface area contributed by atoms with Crippen LogP contribution in [0.15, 0.2) is 142 Å². The number of benzene rings is 6. The van der Waals surface area contributed by atoms with Crippen molar-refractivity contribution in [3.8, 4) is 22.6 Å². The monoisotopic (exact) mass is 568 g/mol. The summed E-state index contributed by atoms with van der Waals surface area (Å²) >= 11 is 0. The molecular formula is C40H28N2O2. The highest BCUT2D eigenvalue weighted by Crippen LogP contribution is 2.50. The third-order valence-electron chi connectivity index (χ3n) is 9.08. The van der Waals surface area contributed by atoms with Gasteiger partial charge < -0.3 is 13.7 Å². The van der Waals surface area contributed by atoms with Crippen LogP contribution in [0.4, 0.5) is 17.1 Å². The van der Waals surface area contributed by atoms with E-state index in [-0.39, 0.29) is 5.41 Å². The van der Waals surface area contributed by atoms with E-state index in [9.17, 15) is 0 Å². The van der Waals surface area contributed by atoms with Crippen LogP contribution in [0, 0.1) is 0 Å². The van der Waals surface area contributed by atoms with Crippen molar-refractivity contribution in [1.29, 1.82) is 0 Å². The fourth-order valence-corrected chi connectivity index (χ4v) is 6.89. The standard InChI is InChI=1S/C40H28N2O2/c1-40(2)33-16-10-9-15-29(33)30-19-17-27(21-34(30)40)42(26-13-7-4-8-14-26)28-18-20-31-32-23-35-38(24-37(32)43-36(31)22-28)44-39(41-35)25-11-5-3-6-12-25/h3-24H,1-2H3. The Hall–Kier alpha value is -5.61. The third-order valence-corrected chi connectivity index (χ3v) is 9.08. The number of aromatic nitrogens is 1. The van der Waals surface area contributed by atoms with Gasteiger partial charge in [-0.3, -0.25) is 0 Å². The second kappa shape index (κ2) is 9.19. The van der Waals surface area contributed by atoms with Gasteiger partial charge in [-0.15, -0.1) is 0 Å². The van der Waals surface area contributed by atoms with Crippen molar-refractivity contribution in [2.24, 2.45) is 0 Å². The predicted octanol–water partition coefficient (Wildman–Crippen LogP) is 11.2. The van der Waals surface area contributed by atoms with Crippen molar-refractivity contribution in [2.45, 2.75) is 19.3 Å². The Bertz CT molecular complexity index is 2360. The van der Waals surface area contributed by atoms with E-state index in [4.69, 9.17) is 13.8 Å². The molecule has 8 aromatic rings. The normalized spacial score (nSPS) is 13.4. The van der Waals surface area contributed by atoms with E-state index in [2.05, 4.69) is 116 Å². The molecule has 9 rings (SSSR count). The molecule has 0 unspecified atom stereocenters. The smallest absolute Gasteiger partial charge is 0.227 e. The summed E-state index contributed by atoms with van der Waals surface area (Å²) in [4.78, 5) is 7.09. The van der Waals surface area contributed by atoms with Crippen LogP contribution in [0.25, 0.3) is 55.6 Å². The van der Waals surface area contributed by atoms with Crippen LogP contribution in [0.2, 0.25) is 0 Å². The molecule has 210 valence electrons. The lowest BCUT2D eigenvalue weighted by atomic mass is 9.82. The molecule has 0 atom stereocenters. The zero-order valence-electron chi connectivity index (χ0n) is 24.4. The molecule has 2 heterocycles. The van der Waals surface area contributed by atoms with E-state index in [1.165, 1.54) is 22.3 Å². The largest absolute Gasteiger partial charge is 0.456 e. The summed E-state index contributed by atoms with van der Waals surface area (Å²) in [5.41, 5.74) is 12.6. The van der Waals surface area contributed by atoms with Gasteiger partial charge in [-0.2, -0.15) is 0 Å². The van der Waals surface area contributed by atoms with Crippen LogP contribution < -0.4 is 4.90 Å². The molecule has 4 heteroatoms. The second-order valence-electron chi connectivity index (χ2n) is 12.1. The molecule has 0 spiro atoms. The number of nitrogens with zero attached hydrogens (tertiary/aromatic N) is 2. The molecule has 1 aliphatic carbocycles. The van der Waals surface area contributed by atoms with Gasteiger partial charge in [0.2, 0.25) is 5.89 Å². The van der Waals surface area contributed by atoms with E-state index < -0.39 is 0 Å². The molecule has 0 saturated carbocycles. The maximum atomic E-state index is 6.47. The molecule has 0 fully saturated rings. The van der Waals surface area contributed by atoms with Crippen LogP contribution in [0.3, 0.4) is 0 Å². The Kier molecular flexibility index (Phi) is 5.21. The SMILES string of the molecule is CC1(C)c2ccccc2-c2ccc(N(c3ccccc3)c3ccc4c(c3)oc3cc5oc(-c6ccccc6)nc5cc34)cc21. The van der Waals surface area contributed by atoms with Crippen LogP contribution in [-0.2, 0) is 5.41 Å². The molecule has 0 aliphatic heterocycles. The Morgan fingerprint density at radius 1 is 0.523 bits per heavy atom. The van der Waals surface area contributed by atoms with E-state index in [0.717, 1.165) is 50.1 Å². The molecule has 44 heavy (non-hydrogen) atoms. The first kappa shape index (κ1) is 24.9. The van der Waals surface area contributed by atoms with Gasteiger partial charge in [0.05, 0.1) is 0 Å². The van der Waals surface area contributed by atoms with Crippen molar-refractivity contribution >= 4 is 50.1 Å². The van der Waals surface area contributed by atoms with E-state index in [1.54, 1.807) is 0 Å². The lowest BCUT2D eigenvalue weighted by Gasteiger charge is -2.28. The number of fused-ring (bicyclic) bond motifs is 7. The maximum Gasteiger partial charge on any atom is 0.227 e. The zero-order chi connectivity index (χ0) is 29.4. The Morgan fingerprint density at radius 2 is 1.20 bits per heavy atom. The molecule has 0 radical (unpaired) electrons. The quantitative estimate of drug-likeness (QED) is 0.212. The van der Waals surface area contributed by atoms with Gasteiger partial charge in [0, 0.05) is 50.9 Å². The third kappa shape index (κ3) is 3.67. The van der Waals surface area contributed by atoms with Crippen LogP contribution in [0.1, 0.15) is 25.0 Å². The predicted molar refractivity (Wildman–Crippen MR) is 179 cm³/mol. The minimum absolute atomic E-state index is 0.0850. The van der Waals surface area contributed by atoms with Crippen molar-refractivity contribution < 1.29 is 8.83 Å². The highest BCUT2D eigenvalue weighted by atomic mass is 16.4. The van der Waals surface area contributed by atoms with Crippen LogP contribution >= 0.6 is 0 Å². The van der Waals surface area contributed by atoms with Gasteiger partial charge in [0.1, 0.15) is 16.7 Å². The zero-order valence-corrected chi connectivity index (χ0v) is 24.4. The first-order valence-electron chi connectivity index (χ1n) is 15.0. The van der Waals surface area contributed by atoms with Crippen LogP contribution in [-0.4, -0.2) is 4.98 Å². The van der Waals surface area contributed by atoms with Gasteiger partial charge in [-0.25, -0.2) is 4.98 Å². The second-order valence-corrected chi connectivity index (χ2v) is 12.1. The van der Waals surface area contributed by atoms with Crippen molar-refractivity contribution in [1.82, 2.24) is 4.98 Å². The Balaban J connectivity index is 1.18. The molecule has 1 aliphatic rings. The molecule has 0 amide bonds. The molecule has 0 N–H and O–H groups in total. The number of oxazole rings is 1. The Labute approximate surface area is 254 Å². The van der Waals surface area contributed by atoms with E-state index in [0.29, 0.717) is 11.5 Å². The van der Waals surface area contributed by atoms with Crippen molar-refractivity contribution in [3.63, 3.8) is 0 Å². The average molecular weight is 569 g/mol. The number of para-hydroxylation sites is 1. The molecule has 4 nitrogen and oxygen atoms in total. The minimum atomic E-state index is -0.0850. The minimum Gasteiger partial charge on any atom is -0.456 e. The van der Waals surface area contributed by atoms with Crippen LogP contribution in [0.5, 0.6) is 0 Å². The van der Waals surface area contributed by atoms with Crippen molar-refractivity contribution in [2.75, 3.05) is 4.90 Å². The molecule has 2 aromatic heterocycles. The number of hydrogen-bond donors (Lipinski definition) is 0. The highest BCUT2D eigenvalue weighted by molar-refractivity contribution is 6.09. The van der Waals surface area contributed by atoms with Gasteiger partial charge in [0.25, 0.3) is 0 Å². The summed E-state index contributed by atoms with van der Waals surface area (Å²) in [7, 11) is 0. The summed E-state index contributed by atoms with van der Waals surface area (Å²) < 4.78 is 12.6. The number of rotatable bonds is 4. The first-order chi connectivity index (χ1) is 21.5. The lowest BCUT2D eigenvalue weighted by molar-refractivity contribution is 0.617. The lowest BCUT2D eigenvalue weighted by Crippen LogP contribution is -2.16. The average Bonchev–Trinajstić information content (AvgIpc) is 3.71. The Morgan fingerprint density at radius 3 is 2.05 bits per heavy atom. The van der Waals surface area contributed by atoms with Gasteiger partial charge in [-0.1, -0.05) is 80.6 Å². The maximum absolute atomic E-state index is 6.47. The number of furan rings is 1. The summed E-state index contributed by atoms with van der Waals surface area (Å²) in [5, 5.41) is 2.07. The fraction of sp³-hybridized carbons (Fsp3) is 0.0750. The fourth-order valence-electron chi connectivity index (χ4n) is 6.89. The molecular weight excluding hydrogens is 540 g/mol. The summed E-state index contributed by atoms with van der Waals surface area (Å²) in [6, 6.07) is 46.6. The van der Waals surface area contributed by atoms with Crippen molar-refractivity contribution in [3.05, 3.63) is 145 Å². The van der Waals surface area contributed by atoms with Gasteiger partial charge >= 0.3 is 0 Å². The summed E-state index contributed by atoms with van der Waals surface area (Å²) in [6.07, 6.45) is 0. The highest BCUT2D eigenvalue weighted by Gasteiger charge is 2.35. The number of anilines is 3. The number of hydrogen-bond acceptors (Lipinski definition) is 4. The van der Waals surface area contributed by atoms with Gasteiger partial charge in [-0.05, 0) is 76.9 Å². The summed E-state index contributed by atoms with van der Waals surface area (Å²) in [6.45, 7) is 4.64. The molecule has 0 saturated heterocycles. The molecule has 6 aromatic carbocycles. The van der Waals surface area contributed by atoms with Gasteiger partial charge in [0.15, 0.2) is 5.58 Å².